The van der Waals surface area contributed by atoms with Gasteiger partial charge in [0.05, 0.1) is 5.56 Å². The molecule has 2 saturated carbocycles. The van der Waals surface area contributed by atoms with Gasteiger partial charge in [0.15, 0.2) is 6.61 Å². The Kier molecular flexibility index (Phi) is 4.56. The van der Waals surface area contributed by atoms with Gasteiger partial charge < -0.3 is 15.4 Å². The Balaban J connectivity index is 1.43. The molecular formula is C16H21N3O3. The monoisotopic (exact) mass is 303 g/mol. The first-order valence-corrected chi connectivity index (χ1v) is 7.90. The van der Waals surface area contributed by atoms with Crippen LogP contribution in [-0.4, -0.2) is 35.6 Å². The Morgan fingerprint density at radius 3 is 2.55 bits per heavy atom. The van der Waals surface area contributed by atoms with E-state index < -0.39 is 5.97 Å². The summed E-state index contributed by atoms with van der Waals surface area (Å²) in [7, 11) is 0. The van der Waals surface area contributed by atoms with Crippen molar-refractivity contribution in [3.8, 4) is 0 Å². The molecule has 0 bridgehead atoms. The second-order valence-corrected chi connectivity index (χ2v) is 5.98. The molecule has 1 aromatic rings. The highest BCUT2D eigenvalue weighted by Gasteiger charge is 2.21. The smallest absolute Gasteiger partial charge is 0.340 e. The van der Waals surface area contributed by atoms with Gasteiger partial charge in [-0.25, -0.2) is 9.78 Å². The first kappa shape index (κ1) is 14.8. The number of carbonyl (C=O) groups excluding carboxylic acids is 2. The topological polar surface area (TPSA) is 80.3 Å². The Hall–Kier alpha value is -2.11. The second-order valence-electron chi connectivity index (χ2n) is 5.98. The Morgan fingerprint density at radius 1 is 1.14 bits per heavy atom. The summed E-state index contributed by atoms with van der Waals surface area (Å²) in [4.78, 5) is 27.8. The highest BCUT2D eigenvalue weighted by Crippen LogP contribution is 2.23. The van der Waals surface area contributed by atoms with Gasteiger partial charge in [-0.1, -0.05) is 12.8 Å². The number of esters is 1. The summed E-state index contributed by atoms with van der Waals surface area (Å²) < 4.78 is 5.02. The zero-order chi connectivity index (χ0) is 15.4. The van der Waals surface area contributed by atoms with Crippen LogP contribution in [0.1, 0.15) is 48.9 Å². The number of anilines is 1. The number of nitrogens with one attached hydrogen (secondary N) is 2. The first-order chi connectivity index (χ1) is 10.7. The summed E-state index contributed by atoms with van der Waals surface area (Å²) in [5.74, 6) is 0.00491. The predicted octanol–water partition coefficient (Wildman–Crippen LogP) is 1.87. The van der Waals surface area contributed by atoms with Crippen LogP contribution in [0.3, 0.4) is 0 Å². The molecule has 1 heterocycles. The zero-order valence-corrected chi connectivity index (χ0v) is 12.5. The lowest BCUT2D eigenvalue weighted by Gasteiger charge is -2.12. The van der Waals surface area contributed by atoms with Crippen molar-refractivity contribution in [1.29, 1.82) is 0 Å². The SMILES string of the molecule is O=C(COC(=O)c1ccc(NC2CC2)nc1)NC1CCCC1. The van der Waals surface area contributed by atoms with Crippen LogP contribution < -0.4 is 10.6 Å². The van der Waals surface area contributed by atoms with Gasteiger partial charge in [0.2, 0.25) is 0 Å². The molecule has 6 nitrogen and oxygen atoms in total. The molecule has 2 aliphatic rings. The molecule has 0 spiro atoms. The third kappa shape index (κ3) is 4.19. The van der Waals surface area contributed by atoms with E-state index in [-0.39, 0.29) is 18.6 Å². The summed E-state index contributed by atoms with van der Waals surface area (Å²) >= 11 is 0. The molecule has 2 fully saturated rings. The molecule has 0 radical (unpaired) electrons. The summed E-state index contributed by atoms with van der Waals surface area (Å²) in [5.41, 5.74) is 0.356. The minimum atomic E-state index is -0.521. The van der Waals surface area contributed by atoms with Crippen molar-refractivity contribution in [2.75, 3.05) is 11.9 Å². The zero-order valence-electron chi connectivity index (χ0n) is 12.5. The van der Waals surface area contributed by atoms with Gasteiger partial charge >= 0.3 is 5.97 Å². The van der Waals surface area contributed by atoms with Crippen molar-refractivity contribution >= 4 is 17.7 Å². The quantitative estimate of drug-likeness (QED) is 0.784. The first-order valence-electron chi connectivity index (χ1n) is 7.90. The lowest BCUT2D eigenvalue weighted by molar-refractivity contribution is -0.124. The van der Waals surface area contributed by atoms with E-state index in [1.807, 2.05) is 0 Å². The molecule has 0 aliphatic heterocycles. The standard InChI is InChI=1S/C16H21N3O3/c20-15(19-12-3-1-2-4-12)10-22-16(21)11-5-8-14(17-9-11)18-13-6-7-13/h5,8-9,12-13H,1-4,6-7,10H2,(H,17,18)(H,19,20). The fourth-order valence-corrected chi connectivity index (χ4v) is 2.59. The van der Waals surface area contributed by atoms with E-state index in [1.165, 1.54) is 19.0 Å². The van der Waals surface area contributed by atoms with Crippen molar-refractivity contribution in [3.05, 3.63) is 23.9 Å². The lowest BCUT2D eigenvalue weighted by Crippen LogP contribution is -2.35. The average molecular weight is 303 g/mol. The van der Waals surface area contributed by atoms with Gasteiger partial charge in [0.25, 0.3) is 5.91 Å². The fourth-order valence-electron chi connectivity index (χ4n) is 2.59. The number of aromatic nitrogens is 1. The number of pyridine rings is 1. The van der Waals surface area contributed by atoms with E-state index >= 15 is 0 Å². The fraction of sp³-hybridized carbons (Fsp3) is 0.562. The highest BCUT2D eigenvalue weighted by molar-refractivity contribution is 5.91. The number of carbonyl (C=O) groups is 2. The maximum Gasteiger partial charge on any atom is 0.340 e. The maximum absolute atomic E-state index is 11.9. The Bertz CT molecular complexity index is 534. The van der Waals surface area contributed by atoms with Crippen LogP contribution in [0.2, 0.25) is 0 Å². The summed E-state index contributed by atoms with van der Waals surface area (Å²) in [6.07, 6.45) is 8.14. The minimum Gasteiger partial charge on any atom is -0.452 e. The van der Waals surface area contributed by atoms with Gasteiger partial charge in [-0.15, -0.1) is 0 Å². The normalized spacial score (nSPS) is 18.0. The van der Waals surface area contributed by atoms with Crippen molar-refractivity contribution in [1.82, 2.24) is 10.3 Å². The number of hydrogen-bond acceptors (Lipinski definition) is 5. The van der Waals surface area contributed by atoms with E-state index in [4.69, 9.17) is 4.74 Å². The van der Waals surface area contributed by atoms with E-state index in [1.54, 1.807) is 12.1 Å². The number of amides is 1. The minimum absolute atomic E-state index is 0.236. The van der Waals surface area contributed by atoms with Gasteiger partial charge in [0, 0.05) is 18.3 Å². The third-order valence-electron chi connectivity index (χ3n) is 3.98. The number of nitrogens with zero attached hydrogens (tertiary/aromatic N) is 1. The van der Waals surface area contributed by atoms with Gasteiger partial charge in [0.1, 0.15) is 5.82 Å². The van der Waals surface area contributed by atoms with Crippen LogP contribution in [0, 0.1) is 0 Å². The van der Waals surface area contributed by atoms with E-state index in [0.717, 1.165) is 31.5 Å². The Labute approximate surface area is 129 Å². The van der Waals surface area contributed by atoms with Crippen LogP contribution >= 0.6 is 0 Å². The Morgan fingerprint density at radius 2 is 1.91 bits per heavy atom. The third-order valence-corrected chi connectivity index (χ3v) is 3.98. The van der Waals surface area contributed by atoms with Crippen LogP contribution in [0.5, 0.6) is 0 Å². The molecular weight excluding hydrogens is 282 g/mol. The van der Waals surface area contributed by atoms with Crippen molar-refractivity contribution in [3.63, 3.8) is 0 Å². The average Bonchev–Trinajstić information content (AvgIpc) is 3.19. The van der Waals surface area contributed by atoms with Crippen LogP contribution in [0.15, 0.2) is 18.3 Å². The molecule has 2 aliphatic carbocycles. The van der Waals surface area contributed by atoms with E-state index in [2.05, 4.69) is 15.6 Å². The van der Waals surface area contributed by atoms with Crippen molar-refractivity contribution in [2.24, 2.45) is 0 Å². The van der Waals surface area contributed by atoms with Crippen molar-refractivity contribution in [2.45, 2.75) is 50.6 Å². The second kappa shape index (κ2) is 6.77. The van der Waals surface area contributed by atoms with E-state index in [0.29, 0.717) is 11.6 Å². The summed E-state index contributed by atoms with van der Waals surface area (Å²) in [6, 6.07) is 4.17. The van der Waals surface area contributed by atoms with Gasteiger partial charge in [-0.2, -0.15) is 0 Å². The number of hydrogen-bond donors (Lipinski definition) is 2. The highest BCUT2D eigenvalue weighted by atomic mass is 16.5. The predicted molar refractivity (Wildman–Crippen MR) is 81.6 cm³/mol. The van der Waals surface area contributed by atoms with Gasteiger partial charge in [-0.3, -0.25) is 4.79 Å². The molecule has 1 amide bonds. The molecule has 0 aromatic carbocycles. The maximum atomic E-state index is 11.9. The van der Waals surface area contributed by atoms with Crippen molar-refractivity contribution < 1.29 is 14.3 Å². The molecule has 22 heavy (non-hydrogen) atoms. The molecule has 2 N–H and O–H groups in total. The molecule has 6 heteroatoms. The molecule has 3 rings (SSSR count). The number of rotatable bonds is 6. The van der Waals surface area contributed by atoms with Crippen LogP contribution in [-0.2, 0) is 9.53 Å². The molecule has 0 unspecified atom stereocenters. The van der Waals surface area contributed by atoms with Crippen LogP contribution in [0.25, 0.3) is 0 Å². The number of ether oxygens (including phenoxy) is 1. The summed E-state index contributed by atoms with van der Waals surface area (Å²) in [5, 5.41) is 6.13. The lowest BCUT2D eigenvalue weighted by atomic mass is 10.2. The molecule has 1 aromatic heterocycles. The molecule has 0 atom stereocenters. The molecule has 0 saturated heterocycles. The van der Waals surface area contributed by atoms with Gasteiger partial charge in [-0.05, 0) is 37.8 Å². The summed E-state index contributed by atoms with van der Waals surface area (Å²) in [6.45, 7) is -0.239. The van der Waals surface area contributed by atoms with Crippen LogP contribution in [0.4, 0.5) is 5.82 Å². The molecule has 118 valence electrons. The largest absolute Gasteiger partial charge is 0.452 e. The van der Waals surface area contributed by atoms with E-state index in [9.17, 15) is 9.59 Å².